The number of hydrogen-bond donors (Lipinski definition) is 2. The van der Waals surface area contributed by atoms with Crippen LogP contribution in [0.1, 0.15) is 49.8 Å². The lowest BCUT2D eigenvalue weighted by Crippen LogP contribution is -2.28. The van der Waals surface area contributed by atoms with Gasteiger partial charge in [-0.05, 0) is 44.4 Å². The molecule has 5 nitrogen and oxygen atoms in total. The van der Waals surface area contributed by atoms with E-state index in [1.165, 1.54) is 12.8 Å². The lowest BCUT2D eigenvalue weighted by Gasteiger charge is -2.19. The topological polar surface area (TPSA) is 75.4 Å². The van der Waals surface area contributed by atoms with Gasteiger partial charge in [0.25, 0.3) is 0 Å². The Morgan fingerprint density at radius 3 is 2.64 bits per heavy atom. The van der Waals surface area contributed by atoms with Gasteiger partial charge >= 0.3 is 5.97 Å². The maximum absolute atomic E-state index is 11.2. The van der Waals surface area contributed by atoms with Crippen molar-refractivity contribution in [2.45, 2.75) is 44.6 Å². The number of nitrogens with zero attached hydrogens (tertiary/aromatic N) is 1. The minimum Gasteiger partial charge on any atom is -0.481 e. The first-order valence-electron chi connectivity index (χ1n) is 7.49. The van der Waals surface area contributed by atoms with E-state index in [-0.39, 0.29) is 0 Å². The molecule has 1 saturated carbocycles. The molecule has 0 atom stereocenters. The van der Waals surface area contributed by atoms with Gasteiger partial charge < -0.3 is 14.8 Å². The minimum atomic E-state index is -0.886. The summed E-state index contributed by atoms with van der Waals surface area (Å²) in [7, 11) is 0. The first-order valence-corrected chi connectivity index (χ1v) is 7.49. The van der Waals surface area contributed by atoms with Crippen LogP contribution in [-0.4, -0.2) is 16.1 Å². The molecule has 5 heteroatoms. The van der Waals surface area contributed by atoms with Crippen molar-refractivity contribution in [1.29, 1.82) is 0 Å². The van der Waals surface area contributed by atoms with Crippen LogP contribution in [0.3, 0.4) is 0 Å². The van der Waals surface area contributed by atoms with Gasteiger partial charge in [0.15, 0.2) is 5.89 Å². The van der Waals surface area contributed by atoms with E-state index >= 15 is 0 Å². The molecular weight excluding hydrogens is 280 g/mol. The Labute approximate surface area is 129 Å². The number of carbonyl (C=O) groups is 1. The molecule has 1 fully saturated rings. The van der Waals surface area contributed by atoms with Crippen LogP contribution in [0.25, 0.3) is 0 Å². The first-order chi connectivity index (χ1) is 10.5. The zero-order valence-corrected chi connectivity index (χ0v) is 12.8. The van der Waals surface area contributed by atoms with Gasteiger partial charge in [-0.25, -0.2) is 4.98 Å². The Morgan fingerprint density at radius 1 is 1.36 bits per heavy atom. The van der Waals surface area contributed by atoms with Crippen molar-refractivity contribution in [3.05, 3.63) is 47.7 Å². The third-order valence-electron chi connectivity index (χ3n) is 4.11. The largest absolute Gasteiger partial charge is 0.481 e. The van der Waals surface area contributed by atoms with Gasteiger partial charge in [-0.2, -0.15) is 0 Å². The summed E-state index contributed by atoms with van der Waals surface area (Å²) >= 11 is 0. The summed E-state index contributed by atoms with van der Waals surface area (Å²) in [6, 6.07) is 7.45. The molecule has 1 heterocycles. The second kappa shape index (κ2) is 5.48. The average molecular weight is 300 g/mol. The molecule has 0 radical (unpaired) electrons. The Kier molecular flexibility index (Phi) is 3.64. The Balaban J connectivity index is 1.62. The number of aromatic nitrogens is 1. The summed E-state index contributed by atoms with van der Waals surface area (Å²) in [5.74, 6) is 1.35. The minimum absolute atomic E-state index is 0.520. The number of benzene rings is 1. The van der Waals surface area contributed by atoms with Crippen molar-refractivity contribution in [2.24, 2.45) is 0 Å². The number of rotatable bonds is 6. The van der Waals surface area contributed by atoms with Gasteiger partial charge in [0.1, 0.15) is 5.76 Å². The standard InChI is InChI=1S/C17H20N2O3/c1-17(2,16(20)21)12-5-7-13(8-6-12)18-9-14-10-19-15(22-14)11-3-4-11/h5-8,10-11,18H,3-4,9H2,1-2H3,(H,20,21). The lowest BCUT2D eigenvalue weighted by atomic mass is 9.85. The molecule has 2 aromatic rings. The highest BCUT2D eigenvalue weighted by atomic mass is 16.4. The molecule has 0 spiro atoms. The molecule has 2 N–H and O–H groups in total. The second-order valence-corrected chi connectivity index (χ2v) is 6.30. The Morgan fingerprint density at radius 2 is 2.05 bits per heavy atom. The van der Waals surface area contributed by atoms with Gasteiger partial charge in [0, 0.05) is 11.6 Å². The van der Waals surface area contributed by atoms with Crippen LogP contribution in [0.15, 0.2) is 34.9 Å². The predicted octanol–water partition coefficient (Wildman–Crippen LogP) is 3.53. The lowest BCUT2D eigenvalue weighted by molar-refractivity contribution is -0.142. The van der Waals surface area contributed by atoms with Gasteiger partial charge in [-0.1, -0.05) is 12.1 Å². The molecule has 0 amide bonds. The van der Waals surface area contributed by atoms with Gasteiger partial charge in [-0.15, -0.1) is 0 Å². The summed E-state index contributed by atoms with van der Waals surface area (Å²) in [6.07, 6.45) is 4.12. The highest BCUT2D eigenvalue weighted by molar-refractivity contribution is 5.80. The zero-order chi connectivity index (χ0) is 15.7. The number of anilines is 1. The van der Waals surface area contributed by atoms with E-state index in [1.54, 1.807) is 20.0 Å². The highest BCUT2D eigenvalue weighted by Crippen LogP contribution is 2.39. The maximum atomic E-state index is 11.2. The van der Waals surface area contributed by atoms with E-state index in [9.17, 15) is 9.90 Å². The third kappa shape index (κ3) is 2.98. The number of carboxylic acids is 1. The van der Waals surface area contributed by atoms with E-state index in [0.29, 0.717) is 12.5 Å². The fraction of sp³-hybridized carbons (Fsp3) is 0.412. The highest BCUT2D eigenvalue weighted by Gasteiger charge is 2.29. The van der Waals surface area contributed by atoms with E-state index in [2.05, 4.69) is 10.3 Å². The molecule has 1 aliphatic carbocycles. The van der Waals surface area contributed by atoms with Crippen molar-refractivity contribution < 1.29 is 14.3 Å². The van der Waals surface area contributed by atoms with E-state index in [1.807, 2.05) is 24.3 Å². The van der Waals surface area contributed by atoms with Crippen LogP contribution in [0.4, 0.5) is 5.69 Å². The van der Waals surface area contributed by atoms with Crippen LogP contribution in [0, 0.1) is 0 Å². The van der Waals surface area contributed by atoms with Crippen molar-refractivity contribution in [2.75, 3.05) is 5.32 Å². The van der Waals surface area contributed by atoms with Crippen molar-refractivity contribution in [3.8, 4) is 0 Å². The smallest absolute Gasteiger partial charge is 0.313 e. The van der Waals surface area contributed by atoms with Gasteiger partial charge in [-0.3, -0.25) is 4.79 Å². The summed E-state index contributed by atoms with van der Waals surface area (Å²) in [6.45, 7) is 3.97. The van der Waals surface area contributed by atoms with Crippen molar-refractivity contribution in [3.63, 3.8) is 0 Å². The Bertz CT molecular complexity index is 669. The summed E-state index contributed by atoms with van der Waals surface area (Å²) in [4.78, 5) is 15.5. The molecular formula is C17H20N2O3. The molecule has 0 unspecified atom stereocenters. The van der Waals surface area contributed by atoms with Crippen LogP contribution >= 0.6 is 0 Å². The van der Waals surface area contributed by atoms with Crippen LogP contribution in [-0.2, 0) is 16.8 Å². The molecule has 116 valence electrons. The summed E-state index contributed by atoms with van der Waals surface area (Å²) in [5, 5.41) is 12.5. The van der Waals surface area contributed by atoms with E-state index < -0.39 is 11.4 Å². The fourth-order valence-electron chi connectivity index (χ4n) is 2.24. The number of carboxylic acid groups (broad SMARTS) is 1. The molecule has 3 rings (SSSR count). The summed E-state index contributed by atoms with van der Waals surface area (Å²) in [5.41, 5.74) is 0.818. The molecule has 0 saturated heterocycles. The Hall–Kier alpha value is -2.30. The molecule has 1 aliphatic rings. The quantitative estimate of drug-likeness (QED) is 0.853. The second-order valence-electron chi connectivity index (χ2n) is 6.30. The molecule has 0 bridgehead atoms. The third-order valence-corrected chi connectivity index (χ3v) is 4.11. The van der Waals surface area contributed by atoms with Crippen LogP contribution in [0.2, 0.25) is 0 Å². The number of aliphatic carboxylic acids is 1. The van der Waals surface area contributed by atoms with Crippen molar-refractivity contribution >= 4 is 11.7 Å². The van der Waals surface area contributed by atoms with Crippen LogP contribution in [0.5, 0.6) is 0 Å². The molecule has 1 aromatic carbocycles. The number of hydrogen-bond acceptors (Lipinski definition) is 4. The van der Waals surface area contributed by atoms with Gasteiger partial charge in [0.2, 0.25) is 0 Å². The SMILES string of the molecule is CC(C)(C(=O)O)c1ccc(NCc2cnc(C3CC3)o2)cc1. The normalized spacial score (nSPS) is 14.8. The first kappa shape index (κ1) is 14.6. The van der Waals surface area contributed by atoms with Crippen molar-refractivity contribution in [1.82, 2.24) is 4.98 Å². The monoisotopic (exact) mass is 300 g/mol. The van der Waals surface area contributed by atoms with Crippen LogP contribution < -0.4 is 5.32 Å². The molecule has 1 aromatic heterocycles. The number of nitrogens with one attached hydrogen (secondary N) is 1. The fourth-order valence-corrected chi connectivity index (χ4v) is 2.24. The predicted molar refractivity (Wildman–Crippen MR) is 82.9 cm³/mol. The summed E-state index contributed by atoms with van der Waals surface area (Å²) < 4.78 is 5.69. The average Bonchev–Trinajstić information content (AvgIpc) is 3.24. The molecule has 0 aliphatic heterocycles. The maximum Gasteiger partial charge on any atom is 0.313 e. The molecule has 22 heavy (non-hydrogen) atoms. The van der Waals surface area contributed by atoms with E-state index in [0.717, 1.165) is 22.9 Å². The zero-order valence-electron chi connectivity index (χ0n) is 12.8. The van der Waals surface area contributed by atoms with E-state index in [4.69, 9.17) is 4.42 Å². The van der Waals surface area contributed by atoms with Gasteiger partial charge in [0.05, 0.1) is 18.2 Å². The number of oxazole rings is 1.